The standard InChI is InChI=1S/C54H32N8S/c1-3-12-33(13-4-1)52-58-53(34-14-5-2-6-15-34)60-54(59-52)62-45-19-10-7-16-39(45)41-23-21-36(30-47(41)62)35-22-25-46-42(29-35)40-17-8-9-18-44(40)61(46)38-28-37(31-55-32-38)43-24-26-49-51(57-43)50-48(63-49)20-11-27-56-50/h1-32H. The molecule has 294 valence electrons. The maximum atomic E-state index is 5.16. The highest BCUT2D eigenvalue weighted by Crippen LogP contribution is 2.39. The van der Waals surface area contributed by atoms with Crippen molar-refractivity contribution in [3.05, 3.63) is 195 Å². The smallest absolute Gasteiger partial charge is 0.238 e. The summed E-state index contributed by atoms with van der Waals surface area (Å²) in [5.74, 6) is 1.81. The summed E-state index contributed by atoms with van der Waals surface area (Å²) in [6.45, 7) is 0. The fourth-order valence-corrected chi connectivity index (χ4v) is 10.0. The lowest BCUT2D eigenvalue weighted by Gasteiger charge is -2.11. The summed E-state index contributed by atoms with van der Waals surface area (Å²) in [5.41, 5.74) is 12.9. The second-order valence-electron chi connectivity index (χ2n) is 15.6. The Hall–Kier alpha value is -8.40. The Morgan fingerprint density at radius 3 is 1.79 bits per heavy atom. The predicted octanol–water partition coefficient (Wildman–Crippen LogP) is 13.3. The molecule has 0 aliphatic heterocycles. The molecule has 7 heterocycles. The van der Waals surface area contributed by atoms with Crippen molar-refractivity contribution in [2.24, 2.45) is 0 Å². The fraction of sp³-hybridized carbons (Fsp3) is 0. The molecule has 13 aromatic rings. The van der Waals surface area contributed by atoms with Crippen LogP contribution in [0.15, 0.2) is 195 Å². The molecule has 0 N–H and O–H groups in total. The molecule has 63 heavy (non-hydrogen) atoms. The first-order chi connectivity index (χ1) is 31.2. The van der Waals surface area contributed by atoms with Crippen molar-refractivity contribution in [3.63, 3.8) is 0 Å². The number of fused-ring (bicyclic) bond motifs is 9. The van der Waals surface area contributed by atoms with Crippen LogP contribution in [-0.2, 0) is 0 Å². The summed E-state index contributed by atoms with van der Waals surface area (Å²) in [6, 6.07) is 61.3. The summed E-state index contributed by atoms with van der Waals surface area (Å²) < 4.78 is 6.74. The van der Waals surface area contributed by atoms with E-state index in [1.807, 2.05) is 85.3 Å². The molecular formula is C54H32N8S. The zero-order valence-electron chi connectivity index (χ0n) is 33.5. The van der Waals surface area contributed by atoms with E-state index in [1.165, 1.54) is 0 Å². The lowest BCUT2D eigenvalue weighted by Crippen LogP contribution is -2.06. The first-order valence-electron chi connectivity index (χ1n) is 20.8. The Kier molecular flexibility index (Phi) is 7.91. The predicted molar refractivity (Wildman–Crippen MR) is 257 cm³/mol. The molecule has 0 atom stereocenters. The number of hydrogen-bond acceptors (Lipinski definition) is 7. The van der Waals surface area contributed by atoms with E-state index in [0.29, 0.717) is 17.6 Å². The molecule has 0 unspecified atom stereocenters. The molecule has 0 aliphatic carbocycles. The van der Waals surface area contributed by atoms with Gasteiger partial charge in [0.05, 0.1) is 49.0 Å². The maximum absolute atomic E-state index is 5.16. The van der Waals surface area contributed by atoms with Crippen LogP contribution in [-0.4, -0.2) is 39.0 Å². The van der Waals surface area contributed by atoms with Gasteiger partial charge in [-0.3, -0.25) is 14.5 Å². The second kappa shape index (κ2) is 14.1. The number of hydrogen-bond donors (Lipinski definition) is 0. The average molecular weight is 825 g/mol. The number of rotatable bonds is 6. The summed E-state index contributed by atoms with van der Waals surface area (Å²) in [5, 5.41) is 4.57. The Morgan fingerprint density at radius 2 is 1.02 bits per heavy atom. The second-order valence-corrected chi connectivity index (χ2v) is 16.7. The van der Waals surface area contributed by atoms with Gasteiger partial charge in [0.15, 0.2) is 11.6 Å². The topological polar surface area (TPSA) is 87.2 Å². The lowest BCUT2D eigenvalue weighted by atomic mass is 10.0. The monoisotopic (exact) mass is 824 g/mol. The van der Waals surface area contributed by atoms with Gasteiger partial charge in [0.1, 0.15) is 11.0 Å². The van der Waals surface area contributed by atoms with Gasteiger partial charge in [-0.1, -0.05) is 115 Å². The van der Waals surface area contributed by atoms with Crippen molar-refractivity contribution in [1.29, 1.82) is 0 Å². The first kappa shape index (κ1) is 35.4. The van der Waals surface area contributed by atoms with Gasteiger partial charge in [0.2, 0.25) is 5.95 Å². The van der Waals surface area contributed by atoms with Crippen LogP contribution in [0, 0.1) is 0 Å². The summed E-state index contributed by atoms with van der Waals surface area (Å²) in [4.78, 5) is 29.8. The van der Waals surface area contributed by atoms with E-state index in [4.69, 9.17) is 24.9 Å². The van der Waals surface area contributed by atoms with Crippen LogP contribution in [0.5, 0.6) is 0 Å². The minimum atomic E-state index is 0.566. The molecule has 7 aromatic heterocycles. The average Bonchev–Trinajstić information content (AvgIpc) is 4.01. The molecular weight excluding hydrogens is 793 g/mol. The molecule has 0 saturated carbocycles. The van der Waals surface area contributed by atoms with Gasteiger partial charge in [-0.05, 0) is 71.8 Å². The maximum Gasteiger partial charge on any atom is 0.238 e. The molecule has 0 aliphatic rings. The Balaban J connectivity index is 0.961. The van der Waals surface area contributed by atoms with E-state index < -0.39 is 0 Å². The third-order valence-corrected chi connectivity index (χ3v) is 13.0. The van der Waals surface area contributed by atoms with Gasteiger partial charge < -0.3 is 4.57 Å². The number of nitrogens with zero attached hydrogens (tertiary/aromatic N) is 8. The molecule has 0 radical (unpaired) electrons. The quantitative estimate of drug-likeness (QED) is 0.166. The lowest BCUT2D eigenvalue weighted by molar-refractivity contribution is 0.953. The van der Waals surface area contributed by atoms with Gasteiger partial charge in [-0.25, -0.2) is 9.97 Å². The minimum Gasteiger partial charge on any atom is -0.308 e. The largest absolute Gasteiger partial charge is 0.308 e. The Labute approximate surface area is 364 Å². The van der Waals surface area contributed by atoms with Crippen LogP contribution in [0.2, 0.25) is 0 Å². The van der Waals surface area contributed by atoms with E-state index in [-0.39, 0.29) is 0 Å². The van der Waals surface area contributed by atoms with E-state index in [0.717, 1.165) is 103 Å². The normalized spacial score (nSPS) is 11.8. The molecule has 0 bridgehead atoms. The highest BCUT2D eigenvalue weighted by Gasteiger charge is 2.20. The first-order valence-corrected chi connectivity index (χ1v) is 21.6. The highest BCUT2D eigenvalue weighted by atomic mass is 32.1. The number of thiophene rings is 1. The van der Waals surface area contributed by atoms with Crippen LogP contribution in [0.25, 0.3) is 121 Å². The Morgan fingerprint density at radius 1 is 0.381 bits per heavy atom. The molecule has 8 nitrogen and oxygen atoms in total. The van der Waals surface area contributed by atoms with Gasteiger partial charge in [-0.2, -0.15) is 9.97 Å². The van der Waals surface area contributed by atoms with Crippen molar-refractivity contribution in [2.45, 2.75) is 0 Å². The molecule has 6 aromatic carbocycles. The zero-order chi connectivity index (χ0) is 41.4. The number of aromatic nitrogens is 8. The Bertz CT molecular complexity index is 3870. The SMILES string of the molecule is c1ccc(-c2nc(-c3ccccc3)nc(-n3c4ccccc4c4ccc(-c5ccc6c(c5)c5ccccc5n6-c5cncc(-c6ccc7sc8cccnc8c7n6)c5)cc43)n2)cc1. The van der Waals surface area contributed by atoms with Gasteiger partial charge >= 0.3 is 0 Å². The van der Waals surface area contributed by atoms with Gasteiger partial charge in [-0.15, -0.1) is 11.3 Å². The van der Waals surface area contributed by atoms with Gasteiger partial charge in [0.25, 0.3) is 0 Å². The van der Waals surface area contributed by atoms with Crippen molar-refractivity contribution in [2.75, 3.05) is 0 Å². The van der Waals surface area contributed by atoms with Crippen LogP contribution in [0.3, 0.4) is 0 Å². The van der Waals surface area contributed by atoms with Crippen LogP contribution in [0.4, 0.5) is 0 Å². The minimum absolute atomic E-state index is 0.566. The molecule has 13 rings (SSSR count). The number of benzene rings is 6. The third kappa shape index (κ3) is 5.75. The van der Waals surface area contributed by atoms with Crippen molar-refractivity contribution in [1.82, 2.24) is 39.0 Å². The van der Waals surface area contributed by atoms with Crippen molar-refractivity contribution < 1.29 is 0 Å². The molecule has 0 saturated heterocycles. The zero-order valence-corrected chi connectivity index (χ0v) is 34.3. The molecule has 0 amide bonds. The fourth-order valence-electron chi connectivity index (χ4n) is 9.01. The number of pyridine rings is 3. The van der Waals surface area contributed by atoms with Crippen molar-refractivity contribution >= 4 is 75.4 Å². The van der Waals surface area contributed by atoms with E-state index in [1.54, 1.807) is 11.3 Å². The van der Waals surface area contributed by atoms with Crippen LogP contribution >= 0.6 is 11.3 Å². The third-order valence-electron chi connectivity index (χ3n) is 11.9. The van der Waals surface area contributed by atoms with Crippen LogP contribution < -0.4 is 0 Å². The molecule has 0 spiro atoms. The van der Waals surface area contributed by atoms with Gasteiger partial charge in [0, 0.05) is 50.6 Å². The molecule has 0 fully saturated rings. The number of para-hydroxylation sites is 2. The van der Waals surface area contributed by atoms with E-state index in [2.05, 4.69) is 123 Å². The summed E-state index contributed by atoms with van der Waals surface area (Å²) >= 11 is 1.72. The van der Waals surface area contributed by atoms with Crippen molar-refractivity contribution in [3.8, 4) is 56.8 Å². The molecule has 9 heteroatoms. The highest BCUT2D eigenvalue weighted by molar-refractivity contribution is 7.25. The van der Waals surface area contributed by atoms with E-state index >= 15 is 0 Å². The van der Waals surface area contributed by atoms with E-state index in [9.17, 15) is 0 Å². The van der Waals surface area contributed by atoms with Crippen LogP contribution in [0.1, 0.15) is 0 Å². The summed E-state index contributed by atoms with van der Waals surface area (Å²) in [6.07, 6.45) is 5.66. The summed E-state index contributed by atoms with van der Waals surface area (Å²) in [7, 11) is 0.